The van der Waals surface area contributed by atoms with Crippen molar-refractivity contribution in [2.75, 3.05) is 0 Å². The molecule has 0 heterocycles. The van der Waals surface area contributed by atoms with Crippen LogP contribution < -0.4 is 0 Å². The van der Waals surface area contributed by atoms with Crippen molar-refractivity contribution in [3.05, 3.63) is 21.8 Å². The van der Waals surface area contributed by atoms with Crippen molar-refractivity contribution in [2.45, 2.75) is 13.3 Å². The molecule has 0 fully saturated rings. The van der Waals surface area contributed by atoms with Crippen LogP contribution in [0.15, 0.2) is 21.8 Å². The van der Waals surface area contributed by atoms with Gasteiger partial charge >= 0.3 is 0 Å². The van der Waals surface area contributed by atoms with E-state index in [1.54, 1.807) is 0 Å². The number of rotatable bonds is 3. The van der Waals surface area contributed by atoms with Crippen LogP contribution in [0.1, 0.15) is 13.3 Å². The number of allylic oxidation sites excluding steroid dienone is 3. The van der Waals surface area contributed by atoms with Crippen LogP contribution in [0.3, 0.4) is 0 Å². The van der Waals surface area contributed by atoms with Crippen LogP contribution in [0.2, 0.25) is 0 Å². The first-order valence-electron chi connectivity index (χ1n) is 2.81. The highest BCUT2D eigenvalue weighted by Crippen LogP contribution is 1.96. The molecule has 0 bridgehead atoms. The summed E-state index contributed by atoms with van der Waals surface area (Å²) in [6.45, 7) is 2.04. The van der Waals surface area contributed by atoms with Crippen LogP contribution in [0, 0.1) is 5.41 Å². The maximum Gasteiger partial charge on any atom is 0.0209 e. The maximum atomic E-state index is 6.91. The molecule has 0 spiro atoms. The highest BCUT2D eigenvalue weighted by molar-refractivity contribution is 14.1. The van der Waals surface area contributed by atoms with Crippen molar-refractivity contribution in [3.8, 4) is 0 Å². The molecule has 50 valence electrons. The van der Waals surface area contributed by atoms with Crippen LogP contribution >= 0.6 is 22.6 Å². The quantitative estimate of drug-likeness (QED) is 0.441. The Morgan fingerprint density at radius 3 is 2.67 bits per heavy atom. The lowest BCUT2D eigenvalue weighted by molar-refractivity contribution is 1.17. The second-order valence-corrected chi connectivity index (χ2v) is 2.28. The van der Waals surface area contributed by atoms with Crippen molar-refractivity contribution in [1.29, 1.82) is 5.41 Å². The number of hydrogen-bond donors (Lipinski definition) is 1. The fourth-order valence-electron chi connectivity index (χ4n) is 0.428. The molecule has 0 saturated heterocycles. The first-order chi connectivity index (χ1) is 4.35. The minimum absolute atomic E-state index is 0.935. The van der Waals surface area contributed by atoms with Gasteiger partial charge < -0.3 is 5.41 Å². The molecule has 1 nitrogen and oxygen atoms in total. The maximum absolute atomic E-state index is 6.91. The van der Waals surface area contributed by atoms with E-state index in [4.69, 9.17) is 5.41 Å². The Labute approximate surface area is 69.5 Å². The third kappa shape index (κ3) is 4.39. The first kappa shape index (κ1) is 8.88. The van der Waals surface area contributed by atoms with E-state index in [1.807, 2.05) is 23.2 Å². The summed E-state index contributed by atoms with van der Waals surface area (Å²) in [6, 6.07) is 0. The summed E-state index contributed by atoms with van der Waals surface area (Å²) in [7, 11) is 0. The fourth-order valence-corrected chi connectivity index (χ4v) is 0.636. The van der Waals surface area contributed by atoms with E-state index in [2.05, 4.69) is 22.6 Å². The summed E-state index contributed by atoms with van der Waals surface area (Å²) in [5.41, 5.74) is 1.06. The van der Waals surface area contributed by atoms with Gasteiger partial charge in [0.2, 0.25) is 0 Å². The average Bonchev–Trinajstić information content (AvgIpc) is 1.91. The Kier molecular flexibility index (Phi) is 5.93. The molecule has 0 aromatic carbocycles. The number of hydrogen-bond acceptors (Lipinski definition) is 1. The summed E-state index contributed by atoms with van der Waals surface area (Å²) in [5.74, 6) is 0. The van der Waals surface area contributed by atoms with E-state index >= 15 is 0 Å². The van der Waals surface area contributed by atoms with Crippen LogP contribution in [0.25, 0.3) is 0 Å². The summed E-state index contributed by atoms with van der Waals surface area (Å²) in [6.07, 6.45) is 6.20. The van der Waals surface area contributed by atoms with E-state index in [1.165, 1.54) is 6.21 Å². The van der Waals surface area contributed by atoms with E-state index in [0.717, 1.165) is 12.0 Å². The highest BCUT2D eigenvalue weighted by Gasteiger charge is 1.81. The monoisotopic (exact) mass is 235 g/mol. The lowest BCUT2D eigenvalue weighted by atomic mass is 10.2. The summed E-state index contributed by atoms with van der Waals surface area (Å²) in [5, 5.41) is 6.91. The lowest BCUT2D eigenvalue weighted by Crippen LogP contribution is -1.77. The molecule has 9 heavy (non-hydrogen) atoms. The van der Waals surface area contributed by atoms with Gasteiger partial charge in [0.15, 0.2) is 0 Å². The summed E-state index contributed by atoms with van der Waals surface area (Å²) < 4.78 is 1.93. The van der Waals surface area contributed by atoms with E-state index in [-0.39, 0.29) is 0 Å². The molecule has 0 aliphatic rings. The van der Waals surface area contributed by atoms with Crippen molar-refractivity contribution in [1.82, 2.24) is 0 Å². The summed E-state index contributed by atoms with van der Waals surface area (Å²) >= 11 is 2.15. The second kappa shape index (κ2) is 6.01. The molecule has 0 unspecified atom stereocenters. The van der Waals surface area contributed by atoms with Gasteiger partial charge in [0.1, 0.15) is 0 Å². The van der Waals surface area contributed by atoms with Gasteiger partial charge in [0, 0.05) is 6.21 Å². The van der Waals surface area contributed by atoms with E-state index in [9.17, 15) is 0 Å². The Hall–Kier alpha value is -0.120. The van der Waals surface area contributed by atoms with Crippen LogP contribution in [-0.2, 0) is 0 Å². The zero-order chi connectivity index (χ0) is 7.11. The van der Waals surface area contributed by atoms with Gasteiger partial charge in [-0.25, -0.2) is 0 Å². The summed E-state index contributed by atoms with van der Waals surface area (Å²) in [4.78, 5) is 0. The molecule has 0 rings (SSSR count). The topological polar surface area (TPSA) is 23.9 Å². The molecular formula is C7H10IN. The van der Waals surface area contributed by atoms with Gasteiger partial charge in [-0.05, 0) is 16.1 Å². The van der Waals surface area contributed by atoms with Crippen LogP contribution in [0.4, 0.5) is 0 Å². The molecule has 0 radical (unpaired) electrons. The largest absolute Gasteiger partial charge is 0.308 e. The molecule has 0 aliphatic carbocycles. The van der Waals surface area contributed by atoms with E-state index in [0.29, 0.717) is 0 Å². The van der Waals surface area contributed by atoms with Gasteiger partial charge in [-0.3, -0.25) is 0 Å². The lowest BCUT2D eigenvalue weighted by Gasteiger charge is -1.88. The molecule has 1 N–H and O–H groups in total. The normalized spacial score (nSPS) is 12.4. The second-order valence-electron chi connectivity index (χ2n) is 1.56. The van der Waals surface area contributed by atoms with Gasteiger partial charge in [-0.15, -0.1) is 0 Å². The average molecular weight is 235 g/mol. The van der Waals surface area contributed by atoms with Gasteiger partial charge in [-0.1, -0.05) is 41.7 Å². The van der Waals surface area contributed by atoms with Crippen molar-refractivity contribution >= 4 is 28.8 Å². The van der Waals surface area contributed by atoms with Crippen molar-refractivity contribution in [2.24, 2.45) is 0 Å². The molecule has 0 aromatic rings. The van der Waals surface area contributed by atoms with Crippen molar-refractivity contribution in [3.63, 3.8) is 0 Å². The Morgan fingerprint density at radius 2 is 2.33 bits per heavy atom. The Bertz CT molecular complexity index is 136. The van der Waals surface area contributed by atoms with Crippen LogP contribution in [0.5, 0.6) is 0 Å². The molecule has 0 aromatic heterocycles. The molecule has 0 amide bonds. The Balaban J connectivity index is 3.90. The fraction of sp³-hybridized carbons (Fsp3) is 0.286. The van der Waals surface area contributed by atoms with Crippen molar-refractivity contribution < 1.29 is 0 Å². The predicted molar refractivity (Wildman–Crippen MR) is 50.3 cm³/mol. The van der Waals surface area contributed by atoms with Crippen LogP contribution in [-0.4, -0.2) is 6.21 Å². The first-order valence-corrected chi connectivity index (χ1v) is 4.06. The standard InChI is InChI=1S/C7H10IN/c1-2-7(6-9)4-3-5-8/h3-6,9H,2H2,1H3/b5-3-,7-4-,9-6?. The minimum Gasteiger partial charge on any atom is -0.308 e. The van der Waals surface area contributed by atoms with Gasteiger partial charge in [0.05, 0.1) is 0 Å². The predicted octanol–water partition coefficient (Wildman–Crippen LogP) is 2.92. The molecule has 0 aliphatic heterocycles. The molecule has 2 heteroatoms. The third-order valence-electron chi connectivity index (χ3n) is 0.977. The smallest absolute Gasteiger partial charge is 0.0209 e. The minimum atomic E-state index is 0.935. The van der Waals surface area contributed by atoms with E-state index < -0.39 is 0 Å². The zero-order valence-electron chi connectivity index (χ0n) is 5.39. The van der Waals surface area contributed by atoms with Gasteiger partial charge in [-0.2, -0.15) is 0 Å². The molecule has 0 saturated carbocycles. The highest BCUT2D eigenvalue weighted by atomic mass is 127. The Morgan fingerprint density at radius 1 is 1.67 bits per heavy atom. The van der Waals surface area contributed by atoms with Gasteiger partial charge in [0.25, 0.3) is 0 Å². The number of nitrogens with one attached hydrogen (secondary N) is 1. The third-order valence-corrected chi connectivity index (χ3v) is 1.39. The molecule has 0 atom stereocenters. The molecular weight excluding hydrogens is 225 g/mol. The zero-order valence-corrected chi connectivity index (χ0v) is 7.55. The number of halogens is 1. The SMILES string of the molecule is CC/C(C=N)=C/C=C\I.